The molecule has 0 aromatic carbocycles. The van der Waals surface area contributed by atoms with Gasteiger partial charge in [-0.05, 0) is 0 Å². The Bertz CT molecular complexity index is 2190. The van der Waals surface area contributed by atoms with Gasteiger partial charge in [0.1, 0.15) is 195 Å². The lowest BCUT2D eigenvalue weighted by atomic mass is 9.95. The summed E-state index contributed by atoms with van der Waals surface area (Å²) in [6.07, 6.45) is -79.9. The molecule has 91 heavy (non-hydrogen) atoms. The normalized spacial score (nSPS) is 53.8. The quantitative estimate of drug-likeness (QED) is 0.0762. The Labute approximate surface area is 514 Å². The molecule has 22 aliphatic heterocycles. The van der Waals surface area contributed by atoms with Gasteiger partial charge in [0, 0.05) is 13.1 Å². The first-order valence-corrected chi connectivity index (χ1v) is 29.3. The Morgan fingerprint density at radius 1 is 0.220 bits per heavy atom. The Balaban J connectivity index is 0.991. The molecule has 0 spiro atoms. The highest BCUT2D eigenvalue weighted by Crippen LogP contribution is 2.39. The van der Waals surface area contributed by atoms with Crippen molar-refractivity contribution in [2.24, 2.45) is 0 Å². The molecule has 41 heteroatoms. The summed E-state index contributed by atoms with van der Waals surface area (Å²) < 4.78 is 91.9. The van der Waals surface area contributed by atoms with Crippen molar-refractivity contribution in [1.29, 1.82) is 0 Å². The Morgan fingerprint density at radius 2 is 0.440 bits per heavy atom. The fourth-order valence-corrected chi connectivity index (χ4v) is 12.1. The molecular formula is C50H85NO40. The molecular weight excluding hydrogens is 1250 g/mol. The molecule has 0 aromatic heterocycles. The van der Waals surface area contributed by atoms with E-state index in [1.807, 2.05) is 0 Å². The monoisotopic (exact) mass is 1340 g/mol. The van der Waals surface area contributed by atoms with Crippen molar-refractivity contribution < 1.29 is 198 Å². The summed E-state index contributed by atoms with van der Waals surface area (Å²) in [5.74, 6) is 0. The lowest BCUT2D eigenvalue weighted by Gasteiger charge is -2.50. The van der Waals surface area contributed by atoms with Gasteiger partial charge < -0.3 is 204 Å². The van der Waals surface area contributed by atoms with Crippen molar-refractivity contribution in [3.05, 3.63) is 0 Å². The van der Waals surface area contributed by atoms with E-state index >= 15 is 0 Å². The van der Waals surface area contributed by atoms with Crippen molar-refractivity contribution in [3.8, 4) is 0 Å². The Kier molecular flexibility index (Phi) is 25.8. The molecule has 25 N–H and O–H groups in total. The average Bonchev–Trinajstić information content (AvgIpc) is 0.816. The van der Waals surface area contributed by atoms with Crippen LogP contribution in [-0.2, 0) is 75.8 Å². The van der Waals surface area contributed by atoms with Crippen LogP contribution in [0.25, 0.3) is 0 Å². The zero-order valence-electron chi connectivity index (χ0n) is 47.9. The minimum absolute atomic E-state index is 0.225. The number of rotatable bonds is 13. The maximum absolute atomic E-state index is 11.8. The smallest absolute Gasteiger partial charge is 0.187 e. The number of hydrogen-bond donors (Lipinski definition) is 25. The zero-order chi connectivity index (χ0) is 66.2. The number of aliphatic hydroxyl groups excluding tert-OH is 24. The van der Waals surface area contributed by atoms with Crippen molar-refractivity contribution in [2.75, 3.05) is 65.9 Å². The maximum atomic E-state index is 11.8. The largest absolute Gasteiger partial charge is 0.394 e. The molecule has 0 aliphatic carbocycles. The molecule has 41 nitrogen and oxygen atoms in total. The number of nitrogens with one attached hydrogen (secondary N) is 1. The third-order valence-corrected chi connectivity index (χ3v) is 17.4. The highest BCUT2D eigenvalue weighted by atomic mass is 16.8. The molecule has 0 unspecified atom stereocenters. The second-order valence-electron chi connectivity index (χ2n) is 23.2. The SMILES string of the molecule is OC[C@@H]1O[C@@H]2O[C@H]3[C@H](O)[C@@H](O)[C@@H](O[C@H]4[C@H](O)[C@H](O)[C@@H](O[C@H]5[C@@H](O)[C@H](O)[C@@H](O[C@H]6[C@H](O)[C@@H](O)[C@@H](O[C@H]7[C@H](O)[C@@H](O)[C@@H](O[C@H]8[C@H](O)[C@@H](O)[C@@H](O[C@H]1[C@H](O)[C@H]2O)O[C@H]8CO)O[C@H]7CO)O[C@@H]6CO)O[C@@H]5CO)O[C@@H]4CO)O[C@H]3CNCCO[C@H]1O[C@H](CO)[C@H](O)[C@H](O)[C@H]1O. The van der Waals surface area contributed by atoms with E-state index in [1.54, 1.807) is 0 Å². The molecule has 22 aliphatic rings. The molecule has 14 bridgehead atoms. The van der Waals surface area contributed by atoms with Crippen LogP contribution in [0.4, 0.5) is 0 Å². The summed E-state index contributed by atoms with van der Waals surface area (Å²) >= 11 is 0. The van der Waals surface area contributed by atoms with E-state index in [2.05, 4.69) is 5.32 Å². The van der Waals surface area contributed by atoms with Crippen molar-refractivity contribution in [3.63, 3.8) is 0 Å². The van der Waals surface area contributed by atoms with Gasteiger partial charge in [0.25, 0.3) is 0 Å². The van der Waals surface area contributed by atoms with Crippen LogP contribution >= 0.6 is 0 Å². The Morgan fingerprint density at radius 3 is 0.670 bits per heavy atom. The molecule has 0 amide bonds. The minimum Gasteiger partial charge on any atom is -0.394 e. The lowest BCUT2D eigenvalue weighted by Crippen LogP contribution is -2.68. The molecule has 40 atom stereocenters. The van der Waals surface area contributed by atoms with Crippen LogP contribution in [0, 0.1) is 0 Å². The van der Waals surface area contributed by atoms with E-state index in [-0.39, 0.29) is 13.2 Å². The van der Waals surface area contributed by atoms with Gasteiger partial charge in [-0.2, -0.15) is 0 Å². The molecule has 22 fully saturated rings. The van der Waals surface area contributed by atoms with Crippen LogP contribution in [0.3, 0.4) is 0 Å². The van der Waals surface area contributed by atoms with Gasteiger partial charge >= 0.3 is 0 Å². The van der Waals surface area contributed by atoms with Crippen LogP contribution < -0.4 is 5.32 Å². The second kappa shape index (κ2) is 31.9. The van der Waals surface area contributed by atoms with E-state index < -0.39 is 298 Å². The maximum Gasteiger partial charge on any atom is 0.187 e. The topological polar surface area (TPSA) is 645 Å². The van der Waals surface area contributed by atoms with Crippen LogP contribution in [0.15, 0.2) is 0 Å². The predicted octanol–water partition coefficient (Wildman–Crippen LogP) is -17.8. The molecule has 0 radical (unpaired) electrons. The molecule has 0 aromatic rings. The summed E-state index contributed by atoms with van der Waals surface area (Å²) in [5.41, 5.74) is 0. The molecule has 530 valence electrons. The highest BCUT2D eigenvalue weighted by Gasteiger charge is 2.60. The molecule has 22 heterocycles. The van der Waals surface area contributed by atoms with Gasteiger partial charge in [-0.1, -0.05) is 0 Å². The minimum atomic E-state index is -2.27. The first-order chi connectivity index (χ1) is 43.4. The van der Waals surface area contributed by atoms with Crippen LogP contribution in [-0.4, -0.2) is 434 Å². The fourth-order valence-electron chi connectivity index (χ4n) is 12.1. The van der Waals surface area contributed by atoms with E-state index in [9.17, 15) is 123 Å². The van der Waals surface area contributed by atoms with Gasteiger partial charge in [0.05, 0.1) is 52.9 Å². The lowest BCUT2D eigenvalue weighted by molar-refractivity contribution is -0.396. The van der Waals surface area contributed by atoms with E-state index in [4.69, 9.17) is 75.8 Å². The van der Waals surface area contributed by atoms with Crippen molar-refractivity contribution >= 4 is 0 Å². The van der Waals surface area contributed by atoms with E-state index in [0.29, 0.717) is 0 Å². The fraction of sp³-hybridized carbons (Fsp3) is 1.00. The first kappa shape index (κ1) is 73.6. The Hall–Kier alpha value is -1.64. The number of aliphatic hydroxyl groups is 24. The number of hydrogen-bond acceptors (Lipinski definition) is 41. The van der Waals surface area contributed by atoms with Gasteiger partial charge in [-0.3, -0.25) is 0 Å². The third kappa shape index (κ3) is 15.2. The van der Waals surface area contributed by atoms with Crippen LogP contribution in [0.1, 0.15) is 0 Å². The summed E-state index contributed by atoms with van der Waals surface area (Å²) in [7, 11) is 0. The number of ether oxygens (including phenoxy) is 16. The molecule has 0 saturated carbocycles. The average molecular weight is 1340 g/mol. The van der Waals surface area contributed by atoms with Gasteiger partial charge in [-0.25, -0.2) is 0 Å². The second-order valence-corrected chi connectivity index (χ2v) is 23.2. The van der Waals surface area contributed by atoms with Crippen LogP contribution in [0.2, 0.25) is 0 Å². The van der Waals surface area contributed by atoms with Crippen molar-refractivity contribution in [2.45, 2.75) is 246 Å². The summed E-state index contributed by atoms with van der Waals surface area (Å²) in [5, 5.41) is 267. The molecule has 22 rings (SSSR count). The third-order valence-electron chi connectivity index (χ3n) is 17.4. The predicted molar refractivity (Wildman–Crippen MR) is 274 cm³/mol. The summed E-state index contributed by atoms with van der Waals surface area (Å²) in [6, 6.07) is 0. The van der Waals surface area contributed by atoms with Gasteiger partial charge in [0.2, 0.25) is 0 Å². The zero-order valence-corrected chi connectivity index (χ0v) is 47.9. The van der Waals surface area contributed by atoms with Gasteiger partial charge in [-0.15, -0.1) is 0 Å². The van der Waals surface area contributed by atoms with Crippen LogP contribution in [0.5, 0.6) is 0 Å². The summed E-state index contributed by atoms with van der Waals surface area (Å²) in [4.78, 5) is 0. The van der Waals surface area contributed by atoms with E-state index in [0.717, 1.165) is 0 Å². The standard InChI is InChI=1S/C50H85NO40/c52-4-12-19(59)20(60)28(68)43(78-12)76-2-1-51-3-11-36-21(61)29(69)44(77-11)86-37-13(5-53)80-46(31(71)23(37)63)88-39-15(7-55)82-48(33(73)25(39)65)90-41-17(9-57)84-50(35(75)27(41)67)91-42-18(10-58)83-49(34(74)26(42)66)89-40-16(8-56)81-47(32(72)24(40)64)87-38-14(6-54)79-45(85-36)30(70)22(38)62/h11-75H,1-10H2/t11-,12+,13+,14-,15+,16-,17+,18-,19-,20-,21+,22+,23+,24+,25-,26+,27+,28+,29+,30+,31-,32+,33-,34+,35+,36+,37+,38+,39+,40+,41+,42+,43-,44+,45+,46+,47+,48+,49+,50+/m0/s1. The highest BCUT2D eigenvalue weighted by molar-refractivity contribution is 5.02. The van der Waals surface area contributed by atoms with Crippen molar-refractivity contribution in [1.82, 2.24) is 5.32 Å². The van der Waals surface area contributed by atoms with Gasteiger partial charge in [0.15, 0.2) is 50.3 Å². The summed E-state index contributed by atoms with van der Waals surface area (Å²) in [6.45, 7) is -8.34. The first-order valence-electron chi connectivity index (χ1n) is 29.3. The molecule has 22 saturated heterocycles. The van der Waals surface area contributed by atoms with E-state index in [1.165, 1.54) is 0 Å².